The molecule has 1 fully saturated rings. The molecule has 0 saturated heterocycles. The first-order chi connectivity index (χ1) is 9.83. The van der Waals surface area contributed by atoms with Crippen molar-refractivity contribution < 1.29 is 4.74 Å². The van der Waals surface area contributed by atoms with Gasteiger partial charge in [0.2, 0.25) is 0 Å². The molecule has 2 heteroatoms. The average molecular weight is 275 g/mol. The van der Waals surface area contributed by atoms with Crippen molar-refractivity contribution in [3.05, 3.63) is 29.8 Å². The van der Waals surface area contributed by atoms with Crippen LogP contribution in [-0.4, -0.2) is 19.7 Å². The molecular weight excluding hydrogens is 246 g/mol. The summed E-state index contributed by atoms with van der Waals surface area (Å²) in [6, 6.07) is 9.28. The van der Waals surface area contributed by atoms with Crippen molar-refractivity contribution in [2.75, 3.05) is 13.7 Å². The summed E-state index contributed by atoms with van der Waals surface area (Å²) in [4.78, 5) is 0. The maximum absolute atomic E-state index is 5.19. The van der Waals surface area contributed by atoms with E-state index in [-0.39, 0.29) is 0 Å². The van der Waals surface area contributed by atoms with Gasteiger partial charge in [-0.15, -0.1) is 0 Å². The molecule has 20 heavy (non-hydrogen) atoms. The van der Waals surface area contributed by atoms with Crippen LogP contribution in [0.2, 0.25) is 0 Å². The Labute approximate surface area is 123 Å². The van der Waals surface area contributed by atoms with Crippen molar-refractivity contribution in [2.45, 2.75) is 57.9 Å². The maximum Gasteiger partial charge on any atom is 0.118 e. The molecule has 2 rings (SSSR count). The molecule has 1 unspecified atom stereocenters. The topological polar surface area (TPSA) is 21.3 Å². The fourth-order valence-corrected chi connectivity index (χ4v) is 2.82. The minimum atomic E-state index is 0.783. The highest BCUT2D eigenvalue weighted by Crippen LogP contribution is 2.34. The predicted octanol–water partition coefficient (Wildman–Crippen LogP) is 4.19. The number of methoxy groups -OCH3 is 1. The third-order valence-corrected chi connectivity index (χ3v) is 4.24. The number of unbranched alkanes of at least 4 members (excludes halogenated alkanes) is 1. The number of hydrogen-bond donors (Lipinski definition) is 1. The molecule has 2 nitrogen and oxygen atoms in total. The highest BCUT2D eigenvalue weighted by molar-refractivity contribution is 5.27. The standard InChI is InChI=1S/C18H29NO/c1-3-14-19-18(16-10-11-16)7-5-4-6-15-8-12-17(20-2)13-9-15/h8-9,12-13,16,18-19H,3-7,10-11,14H2,1-2H3. The van der Waals surface area contributed by atoms with Crippen molar-refractivity contribution in [1.82, 2.24) is 5.32 Å². The summed E-state index contributed by atoms with van der Waals surface area (Å²) < 4.78 is 5.19. The predicted molar refractivity (Wildman–Crippen MR) is 85.4 cm³/mol. The van der Waals surface area contributed by atoms with Gasteiger partial charge in [0.1, 0.15) is 5.75 Å². The molecule has 0 heterocycles. The molecule has 0 aliphatic heterocycles. The lowest BCUT2D eigenvalue weighted by Crippen LogP contribution is -2.31. The van der Waals surface area contributed by atoms with Crippen LogP contribution in [0.1, 0.15) is 51.0 Å². The molecule has 1 saturated carbocycles. The van der Waals surface area contributed by atoms with Crippen LogP contribution < -0.4 is 10.1 Å². The van der Waals surface area contributed by atoms with Gasteiger partial charge in [-0.3, -0.25) is 0 Å². The van der Waals surface area contributed by atoms with Gasteiger partial charge in [-0.05, 0) is 68.7 Å². The fraction of sp³-hybridized carbons (Fsp3) is 0.667. The Balaban J connectivity index is 1.64. The molecule has 0 radical (unpaired) electrons. The number of benzene rings is 1. The van der Waals surface area contributed by atoms with E-state index >= 15 is 0 Å². The average Bonchev–Trinajstić information content (AvgIpc) is 3.32. The largest absolute Gasteiger partial charge is 0.497 e. The summed E-state index contributed by atoms with van der Waals surface area (Å²) in [5, 5.41) is 3.73. The van der Waals surface area contributed by atoms with Crippen LogP contribution in [-0.2, 0) is 6.42 Å². The minimum absolute atomic E-state index is 0.783. The summed E-state index contributed by atoms with van der Waals surface area (Å²) in [7, 11) is 1.72. The second-order valence-corrected chi connectivity index (χ2v) is 5.99. The summed E-state index contributed by atoms with van der Waals surface area (Å²) in [5.74, 6) is 1.92. The van der Waals surface area contributed by atoms with Gasteiger partial charge >= 0.3 is 0 Å². The zero-order valence-corrected chi connectivity index (χ0v) is 13.0. The molecule has 1 aromatic carbocycles. The van der Waals surface area contributed by atoms with Gasteiger partial charge < -0.3 is 10.1 Å². The van der Waals surface area contributed by atoms with Crippen LogP contribution in [0.4, 0.5) is 0 Å². The van der Waals surface area contributed by atoms with E-state index in [1.807, 2.05) is 0 Å². The Kier molecular flexibility index (Phi) is 6.38. The molecule has 0 bridgehead atoms. The summed E-state index contributed by atoms with van der Waals surface area (Å²) in [6.07, 6.45) is 9.30. The lowest BCUT2D eigenvalue weighted by atomic mass is 10.0. The zero-order chi connectivity index (χ0) is 14.2. The van der Waals surface area contributed by atoms with Crippen molar-refractivity contribution in [3.8, 4) is 5.75 Å². The van der Waals surface area contributed by atoms with Gasteiger partial charge in [-0.1, -0.05) is 25.5 Å². The fourth-order valence-electron chi connectivity index (χ4n) is 2.82. The quantitative estimate of drug-likeness (QED) is 0.647. The molecule has 0 spiro atoms. The van der Waals surface area contributed by atoms with Gasteiger partial charge in [-0.25, -0.2) is 0 Å². The Bertz CT molecular complexity index is 370. The highest BCUT2D eigenvalue weighted by atomic mass is 16.5. The molecule has 1 atom stereocenters. The van der Waals surface area contributed by atoms with Crippen molar-refractivity contribution in [3.63, 3.8) is 0 Å². The third kappa shape index (κ3) is 5.16. The second kappa shape index (κ2) is 8.31. The molecule has 112 valence electrons. The molecule has 0 aromatic heterocycles. The third-order valence-electron chi connectivity index (χ3n) is 4.24. The van der Waals surface area contributed by atoms with Crippen LogP contribution in [0.3, 0.4) is 0 Å². The van der Waals surface area contributed by atoms with E-state index in [0.717, 1.165) is 17.7 Å². The van der Waals surface area contributed by atoms with E-state index in [4.69, 9.17) is 4.74 Å². The number of rotatable bonds is 10. The zero-order valence-electron chi connectivity index (χ0n) is 13.0. The van der Waals surface area contributed by atoms with E-state index in [1.165, 1.54) is 57.1 Å². The van der Waals surface area contributed by atoms with E-state index in [9.17, 15) is 0 Å². The van der Waals surface area contributed by atoms with Gasteiger partial charge in [0.15, 0.2) is 0 Å². The maximum atomic E-state index is 5.19. The van der Waals surface area contributed by atoms with Crippen LogP contribution in [0, 0.1) is 5.92 Å². The van der Waals surface area contributed by atoms with Crippen molar-refractivity contribution in [2.24, 2.45) is 5.92 Å². The molecular formula is C18H29NO. The van der Waals surface area contributed by atoms with Gasteiger partial charge in [0, 0.05) is 6.04 Å². The Morgan fingerprint density at radius 3 is 2.55 bits per heavy atom. The smallest absolute Gasteiger partial charge is 0.118 e. The Hall–Kier alpha value is -1.02. The Morgan fingerprint density at radius 2 is 1.95 bits per heavy atom. The van der Waals surface area contributed by atoms with Gasteiger partial charge in [0.25, 0.3) is 0 Å². The van der Waals surface area contributed by atoms with E-state index in [2.05, 4.69) is 36.5 Å². The van der Waals surface area contributed by atoms with Crippen LogP contribution in [0.15, 0.2) is 24.3 Å². The monoisotopic (exact) mass is 275 g/mol. The molecule has 1 N–H and O–H groups in total. The lowest BCUT2D eigenvalue weighted by Gasteiger charge is -2.17. The van der Waals surface area contributed by atoms with E-state index in [1.54, 1.807) is 7.11 Å². The Morgan fingerprint density at radius 1 is 1.20 bits per heavy atom. The lowest BCUT2D eigenvalue weighted by molar-refractivity contribution is 0.414. The number of hydrogen-bond acceptors (Lipinski definition) is 2. The number of aryl methyl sites for hydroxylation is 1. The van der Waals surface area contributed by atoms with Crippen LogP contribution >= 0.6 is 0 Å². The van der Waals surface area contributed by atoms with E-state index < -0.39 is 0 Å². The first-order valence-electron chi connectivity index (χ1n) is 8.19. The van der Waals surface area contributed by atoms with Crippen molar-refractivity contribution in [1.29, 1.82) is 0 Å². The first-order valence-corrected chi connectivity index (χ1v) is 8.19. The minimum Gasteiger partial charge on any atom is -0.497 e. The van der Waals surface area contributed by atoms with Gasteiger partial charge in [0.05, 0.1) is 7.11 Å². The van der Waals surface area contributed by atoms with Crippen LogP contribution in [0.25, 0.3) is 0 Å². The summed E-state index contributed by atoms with van der Waals surface area (Å²) in [5.41, 5.74) is 1.43. The second-order valence-electron chi connectivity index (χ2n) is 5.99. The normalized spacial score (nSPS) is 16.1. The molecule has 1 aliphatic rings. The first kappa shape index (κ1) is 15.4. The van der Waals surface area contributed by atoms with E-state index in [0.29, 0.717) is 0 Å². The number of nitrogens with one attached hydrogen (secondary N) is 1. The van der Waals surface area contributed by atoms with Crippen LogP contribution in [0.5, 0.6) is 5.75 Å². The van der Waals surface area contributed by atoms with Gasteiger partial charge in [-0.2, -0.15) is 0 Å². The number of ether oxygens (including phenoxy) is 1. The highest BCUT2D eigenvalue weighted by Gasteiger charge is 2.29. The molecule has 1 aromatic rings. The molecule has 1 aliphatic carbocycles. The molecule has 0 amide bonds. The summed E-state index contributed by atoms with van der Waals surface area (Å²) >= 11 is 0. The van der Waals surface area contributed by atoms with Crippen molar-refractivity contribution >= 4 is 0 Å². The summed E-state index contributed by atoms with van der Waals surface area (Å²) in [6.45, 7) is 3.43. The SMILES string of the molecule is CCCNC(CCCCc1ccc(OC)cc1)C1CC1.